The number of carbonyl (C=O) groups excluding carboxylic acids is 2. The predicted octanol–water partition coefficient (Wildman–Crippen LogP) is 0.0587. The minimum Gasteiger partial charge on any atom is -0.462 e. The average molecular weight is 356 g/mol. The molecule has 2 rings (SSSR count). The van der Waals surface area contributed by atoms with Crippen molar-refractivity contribution in [1.29, 1.82) is 0 Å². The van der Waals surface area contributed by atoms with Gasteiger partial charge in [0.05, 0.1) is 6.61 Å². The highest BCUT2D eigenvalue weighted by Crippen LogP contribution is 2.31. The van der Waals surface area contributed by atoms with Crippen molar-refractivity contribution in [1.82, 2.24) is 5.32 Å². The molecule has 0 aromatic carbocycles. The van der Waals surface area contributed by atoms with Gasteiger partial charge in [-0.2, -0.15) is 0 Å². The lowest BCUT2D eigenvalue weighted by atomic mass is 10.1. The maximum Gasteiger partial charge on any atom is 0.341 e. The molecule has 2 heterocycles. The highest BCUT2D eigenvalue weighted by Gasteiger charge is 2.32. The number of ether oxygens (including phenoxy) is 2. The second kappa shape index (κ2) is 7.96. The van der Waals surface area contributed by atoms with Crippen LogP contribution in [-0.2, 0) is 16.0 Å². The summed E-state index contributed by atoms with van der Waals surface area (Å²) in [6, 6.07) is 0. The fourth-order valence-corrected chi connectivity index (χ4v) is 4.18. The quantitative estimate of drug-likeness (QED) is 0.649. The molecule has 1 aromatic heterocycles. The van der Waals surface area contributed by atoms with Gasteiger partial charge in [0.1, 0.15) is 47.3 Å². The molecule has 1 aromatic rings. The van der Waals surface area contributed by atoms with Crippen LogP contribution in [0.15, 0.2) is 0 Å². The first-order chi connectivity index (χ1) is 11.4. The fourth-order valence-electron chi connectivity index (χ4n) is 3.16. The number of quaternary nitrogens is 1. The summed E-state index contributed by atoms with van der Waals surface area (Å²) in [4.78, 5) is 26.3. The highest BCUT2D eigenvalue weighted by molar-refractivity contribution is 7.18. The smallest absolute Gasteiger partial charge is 0.341 e. The first-order valence-corrected chi connectivity index (χ1v) is 8.98. The third-order valence-corrected chi connectivity index (χ3v) is 5.05. The summed E-state index contributed by atoms with van der Waals surface area (Å²) in [5, 5.41) is 2.95. The van der Waals surface area contributed by atoms with Crippen LogP contribution in [0.3, 0.4) is 0 Å². The van der Waals surface area contributed by atoms with E-state index in [1.165, 1.54) is 4.90 Å². The largest absolute Gasteiger partial charge is 0.462 e. The zero-order valence-corrected chi connectivity index (χ0v) is 15.4. The molecule has 7 nitrogen and oxygen atoms in total. The van der Waals surface area contributed by atoms with Crippen LogP contribution in [0.4, 0.5) is 5.00 Å². The molecular weight excluding hydrogens is 330 g/mol. The van der Waals surface area contributed by atoms with Crippen LogP contribution in [-0.4, -0.2) is 50.8 Å². The van der Waals surface area contributed by atoms with E-state index in [0.29, 0.717) is 27.5 Å². The maximum atomic E-state index is 12.3. The minimum absolute atomic E-state index is 0.134. The molecule has 0 saturated carbocycles. The van der Waals surface area contributed by atoms with E-state index in [9.17, 15) is 9.59 Å². The SMILES string of the molecule is CCOC(=O)c1c(N)sc(C(=O)NC)c1C[NH+]1C[C@@H](C)O[C@H](C)C1. The van der Waals surface area contributed by atoms with E-state index in [4.69, 9.17) is 15.2 Å². The molecule has 1 aliphatic rings. The van der Waals surface area contributed by atoms with Gasteiger partial charge in [-0.15, -0.1) is 11.3 Å². The molecule has 2 atom stereocenters. The summed E-state index contributed by atoms with van der Waals surface area (Å²) in [7, 11) is 1.57. The molecule has 8 heteroatoms. The van der Waals surface area contributed by atoms with Crippen LogP contribution >= 0.6 is 11.3 Å². The lowest BCUT2D eigenvalue weighted by Gasteiger charge is -2.32. The summed E-state index contributed by atoms with van der Waals surface area (Å²) < 4.78 is 10.9. The molecule has 0 bridgehead atoms. The number of nitrogens with one attached hydrogen (secondary N) is 2. The Labute approximate surface area is 146 Å². The predicted molar refractivity (Wildman–Crippen MR) is 92.5 cm³/mol. The second-order valence-electron chi connectivity index (χ2n) is 6.04. The van der Waals surface area contributed by atoms with Gasteiger partial charge in [0.2, 0.25) is 0 Å². The number of amides is 1. The lowest BCUT2D eigenvalue weighted by Crippen LogP contribution is -3.14. The summed E-state index contributed by atoms with van der Waals surface area (Å²) in [5.41, 5.74) is 7.04. The normalized spacial score (nSPS) is 23.8. The molecule has 1 saturated heterocycles. The number of anilines is 1. The van der Waals surface area contributed by atoms with Crippen molar-refractivity contribution in [3.63, 3.8) is 0 Å². The fraction of sp³-hybridized carbons (Fsp3) is 0.625. The number of hydrogen-bond donors (Lipinski definition) is 3. The molecule has 0 aliphatic carbocycles. The number of morpholine rings is 1. The van der Waals surface area contributed by atoms with Crippen LogP contribution < -0.4 is 16.0 Å². The summed E-state index contributed by atoms with van der Waals surface area (Å²) >= 11 is 1.14. The van der Waals surface area contributed by atoms with Crippen LogP contribution in [0.25, 0.3) is 0 Å². The lowest BCUT2D eigenvalue weighted by molar-refractivity contribution is -0.928. The van der Waals surface area contributed by atoms with E-state index in [2.05, 4.69) is 5.32 Å². The van der Waals surface area contributed by atoms with Crippen molar-refractivity contribution < 1.29 is 24.0 Å². The number of thiophene rings is 1. The van der Waals surface area contributed by atoms with Crippen LogP contribution in [0.2, 0.25) is 0 Å². The standard InChI is InChI=1S/C16H25N3O4S/c1-5-22-16(21)12-11(13(15(20)18-4)24-14(12)17)8-19-6-9(2)23-10(3)7-19/h9-10H,5-8,17H2,1-4H3,(H,18,20)/p+1/t9-,10-/m1/s1. The summed E-state index contributed by atoms with van der Waals surface area (Å²) in [6.45, 7) is 8.25. The third-order valence-electron chi connectivity index (χ3n) is 3.99. The van der Waals surface area contributed by atoms with E-state index >= 15 is 0 Å². The Morgan fingerprint density at radius 3 is 2.54 bits per heavy atom. The second-order valence-corrected chi connectivity index (χ2v) is 7.09. The van der Waals surface area contributed by atoms with Gasteiger partial charge in [-0.05, 0) is 20.8 Å². The summed E-state index contributed by atoms with van der Waals surface area (Å²) in [6.07, 6.45) is 0.267. The Hall–Kier alpha value is -1.64. The van der Waals surface area contributed by atoms with Gasteiger partial charge in [-0.1, -0.05) is 0 Å². The number of rotatable bonds is 5. The molecule has 134 valence electrons. The molecule has 0 unspecified atom stereocenters. The molecule has 24 heavy (non-hydrogen) atoms. The molecule has 1 amide bonds. The van der Waals surface area contributed by atoms with Crippen LogP contribution in [0, 0.1) is 0 Å². The summed E-state index contributed by atoms with van der Waals surface area (Å²) in [5.74, 6) is -0.698. The zero-order chi connectivity index (χ0) is 17.9. The number of nitrogen functional groups attached to an aromatic ring is 1. The number of nitrogens with two attached hydrogens (primary N) is 1. The third kappa shape index (κ3) is 4.06. The van der Waals surface area contributed by atoms with Crippen molar-refractivity contribution in [2.75, 3.05) is 32.5 Å². The molecule has 1 fully saturated rings. The van der Waals surface area contributed by atoms with E-state index in [1.54, 1.807) is 14.0 Å². The Kier molecular flexibility index (Phi) is 6.20. The van der Waals surface area contributed by atoms with Crippen LogP contribution in [0.5, 0.6) is 0 Å². The topological polar surface area (TPSA) is 95.1 Å². The van der Waals surface area contributed by atoms with E-state index < -0.39 is 5.97 Å². The minimum atomic E-state index is -0.467. The van der Waals surface area contributed by atoms with Gasteiger partial charge in [-0.25, -0.2) is 4.79 Å². The Morgan fingerprint density at radius 1 is 1.38 bits per heavy atom. The van der Waals surface area contributed by atoms with Gasteiger partial charge in [0.15, 0.2) is 0 Å². The van der Waals surface area contributed by atoms with Crippen molar-refractivity contribution >= 4 is 28.2 Å². The first-order valence-electron chi connectivity index (χ1n) is 8.16. The van der Waals surface area contributed by atoms with Crippen molar-refractivity contribution in [3.8, 4) is 0 Å². The van der Waals surface area contributed by atoms with E-state index in [0.717, 1.165) is 24.4 Å². The molecule has 4 N–H and O–H groups in total. The van der Waals surface area contributed by atoms with E-state index in [-0.39, 0.29) is 24.7 Å². The van der Waals surface area contributed by atoms with Gasteiger partial charge in [-0.3, -0.25) is 4.79 Å². The Bertz CT molecular complexity index is 607. The van der Waals surface area contributed by atoms with Gasteiger partial charge >= 0.3 is 5.97 Å². The zero-order valence-electron chi connectivity index (χ0n) is 14.6. The van der Waals surface area contributed by atoms with Gasteiger partial charge in [0.25, 0.3) is 5.91 Å². The Morgan fingerprint density at radius 2 is 2.00 bits per heavy atom. The van der Waals surface area contributed by atoms with Crippen molar-refractivity contribution in [2.45, 2.75) is 39.5 Å². The van der Waals surface area contributed by atoms with Gasteiger partial charge in [0, 0.05) is 12.6 Å². The molecule has 0 spiro atoms. The number of carbonyl (C=O) groups is 2. The Balaban J connectivity index is 2.37. The highest BCUT2D eigenvalue weighted by atomic mass is 32.1. The maximum absolute atomic E-state index is 12.3. The van der Waals surface area contributed by atoms with Crippen molar-refractivity contribution in [2.24, 2.45) is 0 Å². The monoisotopic (exact) mass is 356 g/mol. The number of hydrogen-bond acceptors (Lipinski definition) is 6. The van der Waals surface area contributed by atoms with Crippen LogP contribution in [0.1, 0.15) is 46.4 Å². The first kappa shape index (κ1) is 18.7. The number of esters is 1. The average Bonchev–Trinajstić information content (AvgIpc) is 2.82. The molecule has 0 radical (unpaired) electrons. The van der Waals surface area contributed by atoms with E-state index in [1.807, 2.05) is 13.8 Å². The van der Waals surface area contributed by atoms with Gasteiger partial charge < -0.3 is 25.4 Å². The molecule has 1 aliphatic heterocycles. The molecular formula is C16H26N3O4S+. The van der Waals surface area contributed by atoms with Crippen molar-refractivity contribution in [3.05, 3.63) is 16.0 Å².